The van der Waals surface area contributed by atoms with Crippen molar-refractivity contribution in [2.24, 2.45) is 0 Å². The first-order chi connectivity index (χ1) is 64.9. The van der Waals surface area contributed by atoms with Crippen molar-refractivity contribution in [3.05, 3.63) is 427 Å². The average molecular weight is 1880 g/mol. The maximum atomic E-state index is 9.05. The number of nitrogens with zero attached hydrogens (tertiary/aromatic N) is 2. The molecule has 5 fully saturated rings. The van der Waals surface area contributed by atoms with Gasteiger partial charge in [-0.15, -0.1) is 0 Å². The topological polar surface area (TPSA) is 80.3 Å². The van der Waals surface area contributed by atoms with E-state index in [2.05, 4.69) is 519 Å². The third-order valence-electron chi connectivity index (χ3n) is 30.7. The fourth-order valence-corrected chi connectivity index (χ4v) is 26.1. The van der Waals surface area contributed by atoms with Crippen LogP contribution in [0, 0.1) is 0 Å². The fraction of sp³-hybridized carbons (Fsp3) is 0.429. The first-order valence-corrected chi connectivity index (χ1v) is 52.9. The molecule has 4 aliphatic heterocycles. The van der Waals surface area contributed by atoms with E-state index in [9.17, 15) is 0 Å². The number of fused-ring (bicyclic) bond motifs is 2. The van der Waals surface area contributed by atoms with Crippen LogP contribution in [0.3, 0.4) is 0 Å². The van der Waals surface area contributed by atoms with Gasteiger partial charge in [-0.25, -0.2) is 9.34 Å². The molecule has 0 bridgehead atoms. The summed E-state index contributed by atoms with van der Waals surface area (Å²) in [5.41, 5.74) is 13.7. The third kappa shape index (κ3) is 19.1. The van der Waals surface area contributed by atoms with Gasteiger partial charge in [0.15, 0.2) is 34.0 Å². The van der Waals surface area contributed by atoms with Crippen molar-refractivity contribution >= 4 is 17.1 Å². The molecule has 8 atom stereocenters. The summed E-state index contributed by atoms with van der Waals surface area (Å²) in [7, 11) is -4.63. The van der Waals surface area contributed by atoms with Crippen LogP contribution in [0.15, 0.2) is 315 Å². The molecule has 4 heterocycles. The lowest BCUT2D eigenvalue weighted by atomic mass is 9.70. The quantitative estimate of drug-likeness (QED) is 0.0775. The second-order valence-corrected chi connectivity index (χ2v) is 51.1. The second-order valence-electron chi connectivity index (χ2n) is 48.5. The molecule has 0 radical (unpaired) electrons. The van der Waals surface area contributed by atoms with Crippen molar-refractivity contribution in [2.45, 2.75) is 345 Å². The molecule has 2 spiro atoms. The van der Waals surface area contributed by atoms with Gasteiger partial charge in [-0.2, -0.15) is 0 Å². The summed E-state index contributed by atoms with van der Waals surface area (Å²) >= 11 is 0. The Morgan fingerprint density at radius 3 is 0.457 bits per heavy atom. The van der Waals surface area contributed by atoms with Gasteiger partial charge < -0.3 is 37.0 Å². The molecule has 17 rings (SSSR count). The smallest absolute Gasteiger partial charge is 0.262 e. The van der Waals surface area contributed by atoms with Gasteiger partial charge in [0.25, 0.3) is 17.1 Å². The number of ether oxygens (including phenoxy) is 4. The van der Waals surface area contributed by atoms with Gasteiger partial charge in [-0.1, -0.05) is 482 Å². The molecular weight excluding hydrogens is 1730 g/mol. The molecule has 724 valence electrons. The SMILES string of the molecule is CC(c1ccccc1)N(C(C)c1ccccc1)P1OC(c2ccc(C(C)(C)C)cc2)(c2ccc(C(C)(C)C)cc2)C2OC3(CCC4(CC3)OC3C(O4)C(c4ccc(C(C)(C)C)cc4)(c4ccc(C(C)(C)C)cc4)OP(N(C(C)c4ccccc4)C(C)c4ccccc4)OC3(c3ccc(C(C)(C)C)cc3)c3ccc(C(C)(C)C)cc3)OC2C(c2ccc(C(C)(C)C)cc2)(c2ccc(C(C)(C)C)cc2)O1. The lowest BCUT2D eigenvalue weighted by Gasteiger charge is -2.47. The molecule has 1 saturated carbocycles. The van der Waals surface area contributed by atoms with Gasteiger partial charge in [0.2, 0.25) is 0 Å². The largest absolute Gasteiger partial charge is 0.340 e. The Balaban J connectivity index is 0.940. The number of rotatable bonds is 18. The van der Waals surface area contributed by atoms with E-state index in [1.807, 2.05) is 0 Å². The minimum Gasteiger partial charge on any atom is -0.340 e. The zero-order valence-electron chi connectivity index (χ0n) is 87.5. The van der Waals surface area contributed by atoms with Crippen molar-refractivity contribution in [3.8, 4) is 0 Å². The molecule has 138 heavy (non-hydrogen) atoms. The highest BCUT2D eigenvalue weighted by Crippen LogP contribution is 2.73. The van der Waals surface area contributed by atoms with E-state index in [1.54, 1.807) is 0 Å². The summed E-state index contributed by atoms with van der Waals surface area (Å²) in [6, 6.07) is 117. The number of hydrogen-bond acceptors (Lipinski definition) is 10. The zero-order valence-corrected chi connectivity index (χ0v) is 89.3. The third-order valence-corrected chi connectivity index (χ3v) is 34.6. The zero-order chi connectivity index (χ0) is 98.7. The van der Waals surface area contributed by atoms with E-state index in [-0.39, 0.29) is 67.5 Å². The van der Waals surface area contributed by atoms with Crippen molar-refractivity contribution in [1.82, 2.24) is 9.34 Å². The highest BCUT2D eigenvalue weighted by atomic mass is 31.2. The Bertz CT molecular complexity index is 5150. The van der Waals surface area contributed by atoms with Crippen LogP contribution in [0.4, 0.5) is 0 Å². The highest BCUT2D eigenvalue weighted by molar-refractivity contribution is 7.45. The lowest BCUT2D eigenvalue weighted by Crippen LogP contribution is -2.53. The summed E-state index contributed by atoms with van der Waals surface area (Å²) < 4.78 is 76.8. The summed E-state index contributed by atoms with van der Waals surface area (Å²) in [6.45, 7) is 64.4. The van der Waals surface area contributed by atoms with Crippen molar-refractivity contribution < 1.29 is 37.0 Å². The Morgan fingerprint density at radius 1 is 0.203 bits per heavy atom. The lowest BCUT2D eigenvalue weighted by molar-refractivity contribution is -0.279. The molecule has 12 aromatic carbocycles. The van der Waals surface area contributed by atoms with Crippen LogP contribution in [0.5, 0.6) is 0 Å². The summed E-state index contributed by atoms with van der Waals surface area (Å²) in [6.07, 6.45) is -2.63. The predicted molar refractivity (Wildman–Crippen MR) is 569 cm³/mol. The van der Waals surface area contributed by atoms with Crippen molar-refractivity contribution in [2.75, 3.05) is 0 Å². The van der Waals surface area contributed by atoms with Crippen molar-refractivity contribution in [3.63, 3.8) is 0 Å². The average Bonchev–Trinajstić information content (AvgIpc) is 1.47. The first-order valence-electron chi connectivity index (χ1n) is 50.7. The van der Waals surface area contributed by atoms with Crippen LogP contribution in [0.25, 0.3) is 0 Å². The molecule has 5 aliphatic rings. The van der Waals surface area contributed by atoms with Gasteiger partial charge in [0.1, 0.15) is 24.4 Å². The van der Waals surface area contributed by atoms with Gasteiger partial charge in [0, 0.05) is 49.9 Å². The van der Waals surface area contributed by atoms with Crippen LogP contribution in [-0.4, -0.2) is 45.3 Å². The first kappa shape index (κ1) is 101. The maximum absolute atomic E-state index is 9.05. The van der Waals surface area contributed by atoms with E-state index < -0.39 is 75.4 Å². The van der Waals surface area contributed by atoms with Crippen LogP contribution < -0.4 is 0 Å². The summed E-state index contributed by atoms with van der Waals surface area (Å²) in [4.78, 5) is 0. The van der Waals surface area contributed by atoms with Crippen LogP contribution in [0.1, 0.15) is 355 Å². The van der Waals surface area contributed by atoms with E-state index in [4.69, 9.17) is 37.0 Å². The van der Waals surface area contributed by atoms with E-state index in [0.29, 0.717) is 25.7 Å². The van der Waals surface area contributed by atoms with Crippen molar-refractivity contribution in [1.29, 1.82) is 0 Å². The van der Waals surface area contributed by atoms with E-state index in [0.717, 1.165) is 66.8 Å². The van der Waals surface area contributed by atoms with E-state index >= 15 is 0 Å². The van der Waals surface area contributed by atoms with Gasteiger partial charge >= 0.3 is 0 Å². The molecule has 1 aliphatic carbocycles. The molecule has 12 heteroatoms. The van der Waals surface area contributed by atoms with Gasteiger partial charge in [-0.05, 0) is 182 Å². The standard InChI is InChI=1S/C126H152N2O8P2/c1-85(89-41-33-29-34-42-89)127(86(2)90-43-35-30-36-44-90)137-133-123(101-65-49-93(50-66-101)113(5,6)7,102-67-51-94(52-68-102)114(8,9)10)109-110(124(134-137,103-69-53-95(54-70-103)115(11,12)13)104-71-55-96(56-72-104)116(14,15)16)130-121(129-109)81-83-122(84-82-121)131-111-112(132-122)126(107-77-61-99(62-78-107)119(23,24)25,108-79-63-100(64-80-108)120(26,27)28)136-138(128(87(3)91-45-37-31-38-46-91)88(4)92-47-39-32-40-48-92)135-125(111,105-73-57-97(58-74-105)117(17,18)19)106-75-59-98(60-76-106)118(20,21)22/h29-80,85-88,109-112H,81-84H2,1-28H3. The van der Waals surface area contributed by atoms with Crippen LogP contribution in [-0.2, 0) is 103 Å². The van der Waals surface area contributed by atoms with Crippen LogP contribution >= 0.6 is 17.1 Å². The Labute approximate surface area is 830 Å². The minimum absolute atomic E-state index is 0.205. The molecule has 0 aromatic heterocycles. The minimum atomic E-state index is -2.31. The number of benzene rings is 12. The van der Waals surface area contributed by atoms with Crippen LogP contribution in [0.2, 0.25) is 0 Å². The molecule has 4 saturated heterocycles. The highest BCUT2D eigenvalue weighted by Gasteiger charge is 2.74. The van der Waals surface area contributed by atoms with Gasteiger partial charge in [-0.3, -0.25) is 0 Å². The molecule has 10 nitrogen and oxygen atoms in total. The second kappa shape index (κ2) is 37.4. The number of hydrogen-bond donors (Lipinski definition) is 0. The monoisotopic (exact) mass is 1880 g/mol. The molecular formula is C126H152N2O8P2. The molecule has 12 aromatic rings. The predicted octanol–water partition coefficient (Wildman–Crippen LogP) is 32.9. The molecule has 8 unspecified atom stereocenters. The fourth-order valence-electron chi connectivity index (χ4n) is 21.7. The molecule has 0 amide bonds. The maximum Gasteiger partial charge on any atom is 0.262 e. The van der Waals surface area contributed by atoms with E-state index in [1.165, 1.54) is 44.5 Å². The normalized spacial score (nSPS) is 23.3. The molecule has 0 N–H and O–H groups in total. The summed E-state index contributed by atoms with van der Waals surface area (Å²) in [5, 5.41) is 0. The van der Waals surface area contributed by atoms with Gasteiger partial charge in [0.05, 0.1) is 0 Å². The Morgan fingerprint density at radius 2 is 0.333 bits per heavy atom. The Kier molecular flexibility index (Phi) is 27.3. The Hall–Kier alpha value is -8.90. The summed E-state index contributed by atoms with van der Waals surface area (Å²) in [5.74, 6) is -2.76.